The highest BCUT2D eigenvalue weighted by atomic mass is 35.5. The largest absolute Gasteiger partial charge is 0.418 e. The smallest absolute Gasteiger partial charge is 0.194 e. The van der Waals surface area contributed by atoms with Gasteiger partial charge < -0.3 is 0 Å². The van der Waals surface area contributed by atoms with Crippen molar-refractivity contribution in [3.63, 3.8) is 0 Å². The Morgan fingerprint density at radius 1 is 1.32 bits per heavy atom. The molecule has 2 rings (SSSR count). The number of hydrogen-bond acceptors (Lipinski definition) is 3. The van der Waals surface area contributed by atoms with Crippen molar-refractivity contribution in [2.45, 2.75) is 18.5 Å². The lowest BCUT2D eigenvalue weighted by atomic mass is 10.1. The molecule has 102 valence electrons. The summed E-state index contributed by atoms with van der Waals surface area (Å²) in [5.74, 6) is 0.0836. The van der Waals surface area contributed by atoms with Gasteiger partial charge >= 0.3 is 6.18 Å². The van der Waals surface area contributed by atoms with E-state index in [1.165, 1.54) is 12.1 Å². The number of benzene rings is 1. The fourth-order valence-corrected chi connectivity index (χ4v) is 1.95. The Kier molecular flexibility index (Phi) is 3.69. The van der Waals surface area contributed by atoms with Crippen LogP contribution in [0.25, 0.3) is 5.69 Å². The fourth-order valence-electron chi connectivity index (χ4n) is 1.56. The number of rotatable bonds is 2. The van der Waals surface area contributed by atoms with Crippen molar-refractivity contribution in [2.24, 2.45) is 0 Å². The molecule has 0 spiro atoms. The molecule has 0 radical (unpaired) electrons. The van der Waals surface area contributed by atoms with Gasteiger partial charge in [0.25, 0.3) is 0 Å². The maximum absolute atomic E-state index is 13.0. The highest BCUT2D eigenvalue weighted by Crippen LogP contribution is 2.37. The van der Waals surface area contributed by atoms with Crippen LogP contribution in [-0.2, 0) is 6.18 Å². The minimum Gasteiger partial charge on any atom is -0.194 e. The zero-order chi connectivity index (χ0) is 14.2. The first-order chi connectivity index (χ1) is 8.82. The lowest BCUT2D eigenvalue weighted by Gasteiger charge is -2.15. The Labute approximate surface area is 116 Å². The first-order valence-corrected chi connectivity index (χ1v) is 5.92. The second kappa shape index (κ2) is 4.97. The Hall–Kier alpha value is -1.34. The van der Waals surface area contributed by atoms with Crippen LogP contribution >= 0.6 is 23.2 Å². The Balaban J connectivity index is 2.71. The number of halogens is 5. The van der Waals surface area contributed by atoms with Gasteiger partial charge in [0.15, 0.2) is 5.82 Å². The summed E-state index contributed by atoms with van der Waals surface area (Å²) in [6, 6.07) is 3.45. The van der Waals surface area contributed by atoms with Crippen LogP contribution in [-0.4, -0.2) is 20.2 Å². The molecule has 0 fully saturated rings. The minimum absolute atomic E-state index is 0.0836. The Morgan fingerprint density at radius 2 is 2.00 bits per heavy atom. The second-order valence-corrected chi connectivity index (χ2v) is 4.76. The molecule has 1 heterocycles. The molecule has 0 saturated carbocycles. The van der Waals surface area contributed by atoms with E-state index in [4.69, 9.17) is 23.2 Å². The maximum atomic E-state index is 13.0. The predicted octanol–water partition coefficient (Wildman–Crippen LogP) is 3.63. The summed E-state index contributed by atoms with van der Waals surface area (Å²) >= 11 is 11.7. The van der Waals surface area contributed by atoms with E-state index in [-0.39, 0.29) is 16.5 Å². The Morgan fingerprint density at radius 3 is 2.58 bits per heavy atom. The summed E-state index contributed by atoms with van der Waals surface area (Å²) in [4.78, 5) is 0. The van der Waals surface area contributed by atoms with Gasteiger partial charge in [0.2, 0.25) is 0 Å². The van der Waals surface area contributed by atoms with Crippen LogP contribution in [0.2, 0.25) is 5.02 Å². The summed E-state index contributed by atoms with van der Waals surface area (Å²) in [6.07, 6.45) is -4.57. The van der Waals surface area contributed by atoms with E-state index in [9.17, 15) is 13.2 Å². The lowest BCUT2D eigenvalue weighted by Crippen LogP contribution is -2.14. The molecule has 0 amide bonds. The van der Waals surface area contributed by atoms with Crippen molar-refractivity contribution < 1.29 is 13.2 Å². The number of hydrogen-bond donors (Lipinski definition) is 0. The second-order valence-electron chi connectivity index (χ2n) is 3.70. The van der Waals surface area contributed by atoms with E-state index in [1.807, 2.05) is 0 Å². The van der Waals surface area contributed by atoms with Crippen LogP contribution in [0.15, 0.2) is 18.2 Å². The maximum Gasteiger partial charge on any atom is 0.418 e. The van der Waals surface area contributed by atoms with E-state index in [1.54, 1.807) is 6.92 Å². The van der Waals surface area contributed by atoms with Gasteiger partial charge in [-0.05, 0) is 29.5 Å². The van der Waals surface area contributed by atoms with Crippen LogP contribution < -0.4 is 0 Å². The third kappa shape index (κ3) is 2.66. The average Bonchev–Trinajstić information content (AvgIpc) is 2.76. The van der Waals surface area contributed by atoms with E-state index < -0.39 is 17.1 Å². The van der Waals surface area contributed by atoms with Crippen LogP contribution in [0, 0.1) is 0 Å². The predicted molar refractivity (Wildman–Crippen MR) is 63.4 cm³/mol. The molecule has 4 nitrogen and oxygen atoms in total. The van der Waals surface area contributed by atoms with Gasteiger partial charge in [0, 0.05) is 0 Å². The quantitative estimate of drug-likeness (QED) is 0.795. The summed E-state index contributed by atoms with van der Waals surface area (Å²) in [6.45, 7) is 1.55. The molecule has 0 aliphatic rings. The molecular formula is C10H7Cl2F3N4. The van der Waals surface area contributed by atoms with Gasteiger partial charge in [0.05, 0.1) is 21.7 Å². The summed E-state index contributed by atoms with van der Waals surface area (Å²) < 4.78 is 39.8. The van der Waals surface area contributed by atoms with E-state index >= 15 is 0 Å². The topological polar surface area (TPSA) is 43.6 Å². The van der Waals surface area contributed by atoms with Gasteiger partial charge in [-0.25, -0.2) is 0 Å². The van der Waals surface area contributed by atoms with Crippen LogP contribution in [0.1, 0.15) is 23.7 Å². The van der Waals surface area contributed by atoms with Gasteiger partial charge in [0.1, 0.15) is 0 Å². The highest BCUT2D eigenvalue weighted by Gasteiger charge is 2.36. The number of tetrazole rings is 1. The highest BCUT2D eigenvalue weighted by molar-refractivity contribution is 6.32. The molecule has 0 N–H and O–H groups in total. The zero-order valence-electron chi connectivity index (χ0n) is 9.49. The van der Waals surface area contributed by atoms with Gasteiger partial charge in [-0.3, -0.25) is 0 Å². The molecule has 1 aromatic heterocycles. The normalized spacial score (nSPS) is 13.6. The third-order valence-corrected chi connectivity index (χ3v) is 2.85. The van der Waals surface area contributed by atoms with E-state index in [0.29, 0.717) is 0 Å². The average molecular weight is 311 g/mol. The summed E-state index contributed by atoms with van der Waals surface area (Å²) in [5.41, 5.74) is -1.25. The number of aromatic nitrogens is 4. The SMILES string of the molecule is CC(Cl)c1nnnn1-c1c(Cl)cccc1C(F)(F)F. The van der Waals surface area contributed by atoms with Crippen molar-refractivity contribution in [3.8, 4) is 5.69 Å². The van der Waals surface area contributed by atoms with Gasteiger partial charge in [-0.15, -0.1) is 16.7 Å². The van der Waals surface area contributed by atoms with Crippen molar-refractivity contribution in [1.29, 1.82) is 0 Å². The van der Waals surface area contributed by atoms with E-state index in [0.717, 1.165) is 10.7 Å². The molecule has 0 aliphatic heterocycles. The number of para-hydroxylation sites is 1. The summed E-state index contributed by atoms with van der Waals surface area (Å²) in [5, 5.41) is 9.70. The monoisotopic (exact) mass is 310 g/mol. The molecule has 1 unspecified atom stereocenters. The zero-order valence-corrected chi connectivity index (χ0v) is 11.0. The molecule has 0 saturated heterocycles. The molecule has 0 aliphatic carbocycles. The fraction of sp³-hybridized carbons (Fsp3) is 0.300. The lowest BCUT2D eigenvalue weighted by molar-refractivity contribution is -0.137. The standard InChI is InChI=1S/C10H7Cl2F3N4/c1-5(11)9-16-17-18-19(9)8-6(10(13,14)15)3-2-4-7(8)12/h2-5H,1H3. The Bertz CT molecular complexity index is 595. The molecular weight excluding hydrogens is 304 g/mol. The van der Waals surface area contributed by atoms with Crippen molar-refractivity contribution in [3.05, 3.63) is 34.6 Å². The van der Waals surface area contributed by atoms with Crippen LogP contribution in [0.3, 0.4) is 0 Å². The molecule has 1 atom stereocenters. The molecule has 1 aromatic carbocycles. The van der Waals surface area contributed by atoms with Crippen LogP contribution in [0.5, 0.6) is 0 Å². The van der Waals surface area contributed by atoms with Crippen LogP contribution in [0.4, 0.5) is 13.2 Å². The first kappa shape index (κ1) is 14.1. The van der Waals surface area contributed by atoms with Gasteiger partial charge in [-0.2, -0.15) is 17.9 Å². The minimum atomic E-state index is -4.57. The molecule has 9 heteroatoms. The molecule has 0 bridgehead atoms. The molecule has 2 aromatic rings. The van der Waals surface area contributed by atoms with Gasteiger partial charge in [-0.1, -0.05) is 17.7 Å². The van der Waals surface area contributed by atoms with E-state index in [2.05, 4.69) is 15.5 Å². The molecule has 19 heavy (non-hydrogen) atoms. The summed E-state index contributed by atoms with van der Waals surface area (Å²) in [7, 11) is 0. The third-order valence-electron chi connectivity index (χ3n) is 2.35. The van der Waals surface area contributed by atoms with Crippen molar-refractivity contribution >= 4 is 23.2 Å². The van der Waals surface area contributed by atoms with Crippen molar-refractivity contribution in [2.75, 3.05) is 0 Å². The van der Waals surface area contributed by atoms with Crippen molar-refractivity contribution in [1.82, 2.24) is 20.2 Å². The first-order valence-electron chi connectivity index (χ1n) is 5.11. The number of alkyl halides is 4. The number of nitrogens with zero attached hydrogens (tertiary/aromatic N) is 4.